The van der Waals surface area contributed by atoms with Gasteiger partial charge in [-0.05, 0) is 31.6 Å². The Morgan fingerprint density at radius 2 is 1.94 bits per heavy atom. The molecule has 0 saturated carbocycles. The van der Waals surface area contributed by atoms with Crippen molar-refractivity contribution in [3.05, 3.63) is 35.4 Å². The van der Waals surface area contributed by atoms with E-state index in [1.165, 1.54) is 0 Å². The molecule has 0 heterocycles. The van der Waals surface area contributed by atoms with Crippen LogP contribution >= 0.6 is 0 Å². The zero-order valence-corrected chi connectivity index (χ0v) is 10.7. The second-order valence-corrected chi connectivity index (χ2v) is 5.46. The van der Waals surface area contributed by atoms with Crippen molar-refractivity contribution in [2.24, 2.45) is 0 Å². The highest BCUT2D eigenvalue weighted by atomic mass is 32.2. The molecule has 0 aromatic heterocycles. The van der Waals surface area contributed by atoms with Gasteiger partial charge in [0, 0.05) is 5.56 Å². The topological polar surface area (TPSA) is 75.3 Å². The number of carbonyl (C=O) groups is 1. The van der Waals surface area contributed by atoms with E-state index in [1.807, 2.05) is 23.9 Å². The van der Waals surface area contributed by atoms with Crippen LogP contribution in [0, 0.1) is 0 Å². The SMILES string of the molecule is CNCCc1ccccc1C(=O)NS(C)(=O)=O. The van der Waals surface area contributed by atoms with Crippen LogP contribution < -0.4 is 10.0 Å². The second kappa shape index (κ2) is 5.79. The fourth-order valence-corrected chi connectivity index (χ4v) is 1.89. The third-order valence-corrected chi connectivity index (χ3v) is 2.74. The van der Waals surface area contributed by atoms with Crippen LogP contribution in [0.1, 0.15) is 15.9 Å². The average Bonchev–Trinajstić information content (AvgIpc) is 2.24. The zero-order chi connectivity index (χ0) is 12.9. The molecule has 0 atom stereocenters. The van der Waals surface area contributed by atoms with Crippen molar-refractivity contribution in [2.45, 2.75) is 6.42 Å². The number of carbonyl (C=O) groups excluding carboxylic acids is 1. The van der Waals surface area contributed by atoms with E-state index in [9.17, 15) is 13.2 Å². The minimum absolute atomic E-state index is 0.396. The molecule has 94 valence electrons. The summed E-state index contributed by atoms with van der Waals surface area (Å²) in [7, 11) is -1.71. The van der Waals surface area contributed by atoms with Crippen LogP contribution in [0.3, 0.4) is 0 Å². The van der Waals surface area contributed by atoms with Crippen LogP contribution in [0.2, 0.25) is 0 Å². The van der Waals surface area contributed by atoms with Crippen LogP contribution in [0.25, 0.3) is 0 Å². The van der Waals surface area contributed by atoms with Gasteiger partial charge in [0.25, 0.3) is 5.91 Å². The van der Waals surface area contributed by atoms with Crippen molar-refractivity contribution in [3.63, 3.8) is 0 Å². The molecule has 0 aliphatic rings. The Bertz CT molecular complexity index is 497. The van der Waals surface area contributed by atoms with Gasteiger partial charge in [-0.25, -0.2) is 13.1 Å². The van der Waals surface area contributed by atoms with Gasteiger partial charge in [0.1, 0.15) is 0 Å². The predicted molar refractivity (Wildman–Crippen MR) is 66.4 cm³/mol. The number of benzene rings is 1. The molecule has 6 heteroatoms. The van der Waals surface area contributed by atoms with E-state index in [0.717, 1.165) is 18.4 Å². The summed E-state index contributed by atoms with van der Waals surface area (Å²) in [4.78, 5) is 11.7. The lowest BCUT2D eigenvalue weighted by Gasteiger charge is -2.08. The van der Waals surface area contributed by atoms with E-state index in [4.69, 9.17) is 0 Å². The molecule has 0 saturated heterocycles. The van der Waals surface area contributed by atoms with E-state index in [2.05, 4.69) is 5.32 Å². The molecule has 0 fully saturated rings. The van der Waals surface area contributed by atoms with Crippen LogP contribution in [0.4, 0.5) is 0 Å². The maximum Gasteiger partial charge on any atom is 0.264 e. The molecule has 0 aliphatic heterocycles. The lowest BCUT2D eigenvalue weighted by atomic mass is 10.0. The Hall–Kier alpha value is -1.40. The van der Waals surface area contributed by atoms with Crippen LogP contribution in [0.5, 0.6) is 0 Å². The highest BCUT2D eigenvalue weighted by Crippen LogP contribution is 2.09. The summed E-state index contributed by atoms with van der Waals surface area (Å²) < 4.78 is 24.0. The first-order chi connectivity index (χ1) is 7.94. The molecule has 5 nitrogen and oxygen atoms in total. The Morgan fingerprint density at radius 1 is 1.29 bits per heavy atom. The number of amides is 1. The van der Waals surface area contributed by atoms with E-state index >= 15 is 0 Å². The molecule has 0 unspecified atom stereocenters. The summed E-state index contributed by atoms with van der Waals surface area (Å²) in [6, 6.07) is 6.96. The van der Waals surface area contributed by atoms with Gasteiger partial charge in [-0.15, -0.1) is 0 Å². The number of sulfonamides is 1. The smallest absolute Gasteiger partial charge is 0.264 e. The number of likely N-dealkylation sites (N-methyl/N-ethyl adjacent to an activating group) is 1. The normalized spacial score (nSPS) is 11.2. The van der Waals surface area contributed by atoms with Crippen LogP contribution in [-0.4, -0.2) is 34.2 Å². The van der Waals surface area contributed by atoms with Crippen molar-refractivity contribution in [1.82, 2.24) is 10.0 Å². The van der Waals surface area contributed by atoms with Crippen molar-refractivity contribution in [2.75, 3.05) is 19.8 Å². The largest absolute Gasteiger partial charge is 0.319 e. The Kier molecular flexibility index (Phi) is 4.65. The molecule has 17 heavy (non-hydrogen) atoms. The van der Waals surface area contributed by atoms with Gasteiger partial charge >= 0.3 is 0 Å². The Labute approximate surface area is 101 Å². The summed E-state index contributed by atoms with van der Waals surface area (Å²) in [5.41, 5.74) is 1.22. The Balaban J connectivity index is 2.92. The number of hydrogen-bond donors (Lipinski definition) is 2. The van der Waals surface area contributed by atoms with Gasteiger partial charge < -0.3 is 5.32 Å². The minimum atomic E-state index is -3.52. The van der Waals surface area contributed by atoms with E-state index < -0.39 is 15.9 Å². The van der Waals surface area contributed by atoms with Crippen molar-refractivity contribution in [3.8, 4) is 0 Å². The fraction of sp³-hybridized carbons (Fsp3) is 0.364. The summed E-state index contributed by atoms with van der Waals surface area (Å²) in [5.74, 6) is -0.584. The predicted octanol–water partition coefficient (Wildman–Crippen LogP) is 0.138. The molecule has 1 aromatic carbocycles. The molecule has 1 rings (SSSR count). The molecule has 1 aromatic rings. The highest BCUT2D eigenvalue weighted by Gasteiger charge is 2.14. The monoisotopic (exact) mass is 256 g/mol. The number of rotatable bonds is 5. The first-order valence-electron chi connectivity index (χ1n) is 5.18. The zero-order valence-electron chi connectivity index (χ0n) is 9.86. The molecule has 0 radical (unpaired) electrons. The quantitative estimate of drug-likeness (QED) is 0.785. The first-order valence-corrected chi connectivity index (χ1v) is 7.08. The second-order valence-electron chi connectivity index (χ2n) is 3.71. The first kappa shape index (κ1) is 13.7. The van der Waals surface area contributed by atoms with E-state index in [0.29, 0.717) is 12.0 Å². The van der Waals surface area contributed by atoms with E-state index in [1.54, 1.807) is 12.1 Å². The molecule has 0 bridgehead atoms. The van der Waals surface area contributed by atoms with Crippen molar-refractivity contribution >= 4 is 15.9 Å². The van der Waals surface area contributed by atoms with Crippen LogP contribution in [0.15, 0.2) is 24.3 Å². The molecule has 0 spiro atoms. The highest BCUT2D eigenvalue weighted by molar-refractivity contribution is 7.89. The minimum Gasteiger partial charge on any atom is -0.319 e. The lowest BCUT2D eigenvalue weighted by molar-refractivity contribution is 0.0981. The van der Waals surface area contributed by atoms with E-state index in [-0.39, 0.29) is 0 Å². The van der Waals surface area contributed by atoms with Gasteiger partial charge in [-0.3, -0.25) is 4.79 Å². The summed E-state index contributed by atoms with van der Waals surface area (Å²) >= 11 is 0. The molecular formula is C11H16N2O3S. The standard InChI is InChI=1S/C11H16N2O3S/c1-12-8-7-9-5-3-4-6-10(9)11(14)13-17(2,15)16/h3-6,12H,7-8H2,1-2H3,(H,13,14). The molecule has 2 N–H and O–H groups in total. The van der Waals surface area contributed by atoms with Gasteiger partial charge in [-0.2, -0.15) is 0 Å². The number of nitrogens with one attached hydrogen (secondary N) is 2. The fourth-order valence-electron chi connectivity index (χ4n) is 1.44. The Morgan fingerprint density at radius 3 is 2.53 bits per heavy atom. The van der Waals surface area contributed by atoms with Gasteiger partial charge in [0.2, 0.25) is 10.0 Å². The molecular weight excluding hydrogens is 240 g/mol. The number of hydrogen-bond acceptors (Lipinski definition) is 4. The maximum atomic E-state index is 11.7. The van der Waals surface area contributed by atoms with Crippen LogP contribution in [-0.2, 0) is 16.4 Å². The van der Waals surface area contributed by atoms with Crippen molar-refractivity contribution < 1.29 is 13.2 Å². The molecule has 0 aliphatic carbocycles. The lowest BCUT2D eigenvalue weighted by Crippen LogP contribution is -2.30. The molecule has 1 amide bonds. The van der Waals surface area contributed by atoms with Gasteiger partial charge in [-0.1, -0.05) is 18.2 Å². The third kappa shape index (κ3) is 4.54. The van der Waals surface area contributed by atoms with Gasteiger partial charge in [0.05, 0.1) is 6.26 Å². The third-order valence-electron chi connectivity index (χ3n) is 2.18. The average molecular weight is 256 g/mol. The van der Waals surface area contributed by atoms with Crippen molar-refractivity contribution in [1.29, 1.82) is 0 Å². The maximum absolute atomic E-state index is 11.7. The summed E-state index contributed by atoms with van der Waals surface area (Å²) in [5, 5.41) is 2.98. The van der Waals surface area contributed by atoms with Gasteiger partial charge in [0.15, 0.2) is 0 Å². The summed E-state index contributed by atoms with van der Waals surface area (Å²) in [6.45, 7) is 0.725. The summed E-state index contributed by atoms with van der Waals surface area (Å²) in [6.07, 6.45) is 1.63.